The minimum Gasteiger partial charge on any atom is -0.474 e. The maximum atomic E-state index is 5.36. The highest BCUT2D eigenvalue weighted by atomic mass is 79.9. The molecule has 0 radical (unpaired) electrons. The van der Waals surface area contributed by atoms with Gasteiger partial charge in [-0.15, -0.1) is 0 Å². The van der Waals surface area contributed by atoms with Crippen molar-refractivity contribution in [1.82, 2.24) is 9.97 Å². The van der Waals surface area contributed by atoms with E-state index in [4.69, 9.17) is 4.74 Å². The molecule has 1 aromatic heterocycles. The van der Waals surface area contributed by atoms with Crippen molar-refractivity contribution in [1.29, 1.82) is 0 Å². The number of aryl methyl sites for hydroxylation is 1. The molecule has 0 saturated heterocycles. The van der Waals surface area contributed by atoms with Crippen molar-refractivity contribution in [2.24, 2.45) is 0 Å². The van der Waals surface area contributed by atoms with Gasteiger partial charge in [-0.2, -0.15) is 0 Å². The maximum absolute atomic E-state index is 5.36. The quantitative estimate of drug-likeness (QED) is 0.763. The molecule has 0 fully saturated rings. The zero-order valence-corrected chi connectivity index (χ0v) is 9.41. The van der Waals surface area contributed by atoms with Gasteiger partial charge < -0.3 is 4.74 Å². The minimum absolute atomic E-state index is 0.149. The molecule has 13 heavy (non-hydrogen) atoms. The van der Waals surface area contributed by atoms with Gasteiger partial charge in [0.15, 0.2) is 0 Å². The molecule has 72 valence electrons. The number of aromatic nitrogens is 2. The molecule has 0 aliphatic heterocycles. The van der Waals surface area contributed by atoms with Crippen LogP contribution in [-0.4, -0.2) is 21.4 Å². The van der Waals surface area contributed by atoms with E-state index in [0.717, 1.165) is 17.4 Å². The lowest BCUT2D eigenvalue weighted by molar-refractivity contribution is 0.231. The normalized spacial score (nSPS) is 10.5. The molecule has 1 rings (SSSR count). The summed E-state index contributed by atoms with van der Waals surface area (Å²) in [4.78, 5) is 8.34. The number of hydrogen-bond donors (Lipinski definition) is 0. The lowest BCUT2D eigenvalue weighted by Crippen LogP contribution is -2.07. The highest BCUT2D eigenvalue weighted by Gasteiger charge is 1.99. The van der Waals surface area contributed by atoms with Crippen LogP contribution in [0.15, 0.2) is 12.4 Å². The molecule has 4 heteroatoms. The van der Waals surface area contributed by atoms with Crippen LogP contribution in [0.1, 0.15) is 19.5 Å². The summed E-state index contributed by atoms with van der Waals surface area (Å²) in [5.74, 6) is 0.591. The topological polar surface area (TPSA) is 35.0 Å². The van der Waals surface area contributed by atoms with Crippen molar-refractivity contribution in [2.75, 3.05) is 5.33 Å². The molecule has 0 bridgehead atoms. The van der Waals surface area contributed by atoms with E-state index in [2.05, 4.69) is 25.9 Å². The number of ether oxygens (including phenoxy) is 1. The molecule has 0 atom stereocenters. The third-order valence-electron chi connectivity index (χ3n) is 1.39. The van der Waals surface area contributed by atoms with Crippen LogP contribution in [0.3, 0.4) is 0 Å². The number of halogens is 1. The molecule has 0 aromatic carbocycles. The van der Waals surface area contributed by atoms with Crippen LogP contribution in [0, 0.1) is 0 Å². The fraction of sp³-hybridized carbons (Fsp3) is 0.556. The monoisotopic (exact) mass is 244 g/mol. The van der Waals surface area contributed by atoms with Crippen LogP contribution >= 0.6 is 15.9 Å². The average molecular weight is 245 g/mol. The third-order valence-corrected chi connectivity index (χ3v) is 1.79. The molecule has 0 unspecified atom stereocenters. The largest absolute Gasteiger partial charge is 0.474 e. The van der Waals surface area contributed by atoms with Gasteiger partial charge >= 0.3 is 0 Å². The second-order valence-corrected chi connectivity index (χ2v) is 3.74. The average Bonchev–Trinajstić information content (AvgIpc) is 2.08. The van der Waals surface area contributed by atoms with Crippen molar-refractivity contribution >= 4 is 15.9 Å². The Labute approximate surface area is 86.7 Å². The van der Waals surface area contributed by atoms with E-state index in [1.807, 2.05) is 13.8 Å². The highest BCUT2D eigenvalue weighted by molar-refractivity contribution is 9.09. The molecule has 0 saturated carbocycles. The maximum Gasteiger partial charge on any atom is 0.232 e. The summed E-state index contributed by atoms with van der Waals surface area (Å²) >= 11 is 3.35. The molecule has 0 spiro atoms. The van der Waals surface area contributed by atoms with Gasteiger partial charge in [-0.05, 0) is 13.8 Å². The van der Waals surface area contributed by atoms with E-state index in [0.29, 0.717) is 5.88 Å². The molecular formula is C9H13BrN2O. The molecule has 1 aromatic rings. The van der Waals surface area contributed by atoms with Gasteiger partial charge in [0.05, 0.1) is 24.2 Å². The van der Waals surface area contributed by atoms with Crippen LogP contribution in [-0.2, 0) is 6.42 Å². The van der Waals surface area contributed by atoms with Crippen LogP contribution in [0.2, 0.25) is 0 Å². The van der Waals surface area contributed by atoms with Gasteiger partial charge in [-0.3, -0.25) is 4.98 Å². The Morgan fingerprint density at radius 3 is 2.62 bits per heavy atom. The summed E-state index contributed by atoms with van der Waals surface area (Å²) in [6, 6.07) is 0. The van der Waals surface area contributed by atoms with Gasteiger partial charge in [0.1, 0.15) is 0 Å². The number of hydrogen-bond acceptors (Lipinski definition) is 3. The molecule has 0 N–H and O–H groups in total. The van der Waals surface area contributed by atoms with E-state index in [1.54, 1.807) is 12.4 Å². The van der Waals surface area contributed by atoms with Crippen LogP contribution in [0.5, 0.6) is 5.88 Å². The van der Waals surface area contributed by atoms with Crippen molar-refractivity contribution in [3.05, 3.63) is 18.1 Å². The smallest absolute Gasteiger partial charge is 0.232 e. The Morgan fingerprint density at radius 2 is 2.15 bits per heavy atom. The molecule has 0 aliphatic rings. The van der Waals surface area contributed by atoms with Crippen molar-refractivity contribution in [3.63, 3.8) is 0 Å². The summed E-state index contributed by atoms with van der Waals surface area (Å²) in [5, 5.41) is 0.909. The predicted molar refractivity (Wildman–Crippen MR) is 55.3 cm³/mol. The molecular weight excluding hydrogens is 232 g/mol. The first-order chi connectivity index (χ1) is 6.22. The van der Waals surface area contributed by atoms with Gasteiger partial charge in [-0.25, -0.2) is 4.98 Å². The molecule has 1 heterocycles. The first kappa shape index (κ1) is 10.4. The van der Waals surface area contributed by atoms with Crippen LogP contribution < -0.4 is 4.74 Å². The fourth-order valence-corrected chi connectivity index (χ4v) is 1.28. The molecule has 3 nitrogen and oxygen atoms in total. The summed E-state index contributed by atoms with van der Waals surface area (Å²) in [6.45, 7) is 3.93. The summed E-state index contributed by atoms with van der Waals surface area (Å²) in [6.07, 6.45) is 4.46. The Kier molecular flexibility index (Phi) is 4.15. The standard InChI is InChI=1S/C9H13BrN2O/c1-7(2)13-9-6-11-8(3-4-10)5-12-9/h5-7H,3-4H2,1-2H3. The Hall–Kier alpha value is -0.640. The van der Waals surface area contributed by atoms with Gasteiger partial charge in [0.25, 0.3) is 0 Å². The third kappa shape index (κ3) is 3.72. The van der Waals surface area contributed by atoms with E-state index < -0.39 is 0 Å². The SMILES string of the molecule is CC(C)Oc1cnc(CCBr)cn1. The van der Waals surface area contributed by atoms with Gasteiger partial charge in [0.2, 0.25) is 5.88 Å². The number of alkyl halides is 1. The molecule has 0 aliphatic carbocycles. The first-order valence-electron chi connectivity index (χ1n) is 4.26. The summed E-state index contributed by atoms with van der Waals surface area (Å²) < 4.78 is 5.36. The second-order valence-electron chi connectivity index (χ2n) is 2.95. The Bertz CT molecular complexity index is 248. The summed E-state index contributed by atoms with van der Waals surface area (Å²) in [5.41, 5.74) is 0.980. The Morgan fingerprint density at radius 1 is 1.38 bits per heavy atom. The second kappa shape index (κ2) is 5.17. The Balaban J connectivity index is 2.59. The lowest BCUT2D eigenvalue weighted by Gasteiger charge is -2.07. The van der Waals surface area contributed by atoms with E-state index in [-0.39, 0.29) is 6.10 Å². The fourth-order valence-electron chi connectivity index (χ4n) is 0.871. The number of rotatable bonds is 4. The molecule has 0 amide bonds. The predicted octanol–water partition coefficient (Wildman–Crippen LogP) is 2.20. The number of nitrogens with zero attached hydrogens (tertiary/aromatic N) is 2. The van der Waals surface area contributed by atoms with Gasteiger partial charge in [-0.1, -0.05) is 15.9 Å². The first-order valence-corrected chi connectivity index (χ1v) is 5.38. The van der Waals surface area contributed by atoms with Gasteiger partial charge in [0, 0.05) is 11.8 Å². The lowest BCUT2D eigenvalue weighted by atomic mass is 10.4. The van der Waals surface area contributed by atoms with Crippen LogP contribution in [0.4, 0.5) is 0 Å². The van der Waals surface area contributed by atoms with E-state index >= 15 is 0 Å². The zero-order valence-electron chi connectivity index (χ0n) is 7.83. The zero-order chi connectivity index (χ0) is 9.68. The minimum atomic E-state index is 0.149. The van der Waals surface area contributed by atoms with Crippen molar-refractivity contribution < 1.29 is 4.74 Å². The van der Waals surface area contributed by atoms with E-state index in [1.165, 1.54) is 0 Å². The van der Waals surface area contributed by atoms with Crippen LogP contribution in [0.25, 0.3) is 0 Å². The van der Waals surface area contributed by atoms with E-state index in [9.17, 15) is 0 Å². The van der Waals surface area contributed by atoms with Crippen molar-refractivity contribution in [2.45, 2.75) is 26.4 Å². The highest BCUT2D eigenvalue weighted by Crippen LogP contribution is 2.06. The summed E-state index contributed by atoms with van der Waals surface area (Å²) in [7, 11) is 0. The van der Waals surface area contributed by atoms with Crippen molar-refractivity contribution in [3.8, 4) is 5.88 Å².